The third-order valence-corrected chi connectivity index (χ3v) is 2.70. The lowest BCUT2D eigenvalue weighted by Crippen LogP contribution is -2.13. The average molecular weight is 261 g/mol. The minimum Gasteiger partial charge on any atom is -0.363 e. The molecule has 0 aliphatic rings. The zero-order valence-corrected chi connectivity index (χ0v) is 10.8. The van der Waals surface area contributed by atoms with Crippen molar-refractivity contribution in [3.8, 4) is 0 Å². The van der Waals surface area contributed by atoms with Crippen LogP contribution in [0, 0.1) is 12.7 Å². The molecule has 0 fully saturated rings. The number of nitrogens with zero attached hydrogens (tertiary/aromatic N) is 2. The van der Waals surface area contributed by atoms with E-state index in [0.717, 1.165) is 5.56 Å². The number of hydrogen-bond donors (Lipinski definition) is 3. The molecule has 2 rings (SSSR count). The number of nitrogen functional groups attached to an aromatic ring is 1. The van der Waals surface area contributed by atoms with Gasteiger partial charge in [-0.3, -0.25) is 0 Å². The highest BCUT2D eigenvalue weighted by Gasteiger charge is 2.08. The van der Waals surface area contributed by atoms with Crippen LogP contribution in [0.1, 0.15) is 24.4 Å². The van der Waals surface area contributed by atoms with E-state index in [1.165, 1.54) is 12.1 Å². The Morgan fingerprint density at radius 2 is 1.95 bits per heavy atom. The van der Waals surface area contributed by atoms with Crippen molar-refractivity contribution in [2.75, 3.05) is 10.7 Å². The highest BCUT2D eigenvalue weighted by Crippen LogP contribution is 2.19. The first kappa shape index (κ1) is 13.2. The second-order valence-corrected chi connectivity index (χ2v) is 4.25. The molecule has 5 nitrogen and oxygen atoms in total. The molecule has 0 spiro atoms. The van der Waals surface area contributed by atoms with E-state index in [9.17, 15) is 4.39 Å². The summed E-state index contributed by atoms with van der Waals surface area (Å²) in [7, 11) is 0. The molecule has 4 N–H and O–H groups in total. The molecule has 1 unspecified atom stereocenters. The summed E-state index contributed by atoms with van der Waals surface area (Å²) in [5.41, 5.74) is 3.33. The molecule has 0 aliphatic heterocycles. The van der Waals surface area contributed by atoms with Gasteiger partial charge < -0.3 is 10.7 Å². The van der Waals surface area contributed by atoms with Crippen molar-refractivity contribution in [2.24, 2.45) is 5.84 Å². The molecule has 1 heterocycles. The van der Waals surface area contributed by atoms with E-state index < -0.39 is 0 Å². The quantitative estimate of drug-likeness (QED) is 0.582. The molecular weight excluding hydrogens is 245 g/mol. The smallest absolute Gasteiger partial charge is 0.145 e. The zero-order valence-electron chi connectivity index (χ0n) is 10.8. The summed E-state index contributed by atoms with van der Waals surface area (Å²) in [6, 6.07) is 8.08. The fourth-order valence-electron chi connectivity index (χ4n) is 1.80. The maximum Gasteiger partial charge on any atom is 0.145 e. The molecule has 0 aliphatic carbocycles. The molecular formula is C13H16FN5. The first-order valence-corrected chi connectivity index (χ1v) is 5.93. The molecule has 1 atom stereocenters. The van der Waals surface area contributed by atoms with Crippen molar-refractivity contribution in [3.63, 3.8) is 0 Å². The lowest BCUT2D eigenvalue weighted by atomic mass is 10.1. The average Bonchev–Trinajstić information content (AvgIpc) is 2.38. The van der Waals surface area contributed by atoms with Gasteiger partial charge in [-0.05, 0) is 31.5 Å². The van der Waals surface area contributed by atoms with Crippen molar-refractivity contribution in [3.05, 3.63) is 47.5 Å². The van der Waals surface area contributed by atoms with Gasteiger partial charge in [0.05, 0.1) is 6.04 Å². The molecule has 0 saturated carbocycles. The first-order valence-electron chi connectivity index (χ1n) is 5.93. The Morgan fingerprint density at radius 3 is 2.63 bits per heavy atom. The van der Waals surface area contributed by atoms with E-state index in [-0.39, 0.29) is 11.9 Å². The van der Waals surface area contributed by atoms with Gasteiger partial charge in [0.2, 0.25) is 0 Å². The van der Waals surface area contributed by atoms with E-state index in [2.05, 4.69) is 20.7 Å². The number of hydrogen-bond acceptors (Lipinski definition) is 5. The number of nitrogens with one attached hydrogen (secondary N) is 2. The summed E-state index contributed by atoms with van der Waals surface area (Å²) in [4.78, 5) is 8.36. The molecule has 6 heteroatoms. The monoisotopic (exact) mass is 261 g/mol. The van der Waals surface area contributed by atoms with Gasteiger partial charge in [-0.1, -0.05) is 12.1 Å². The normalized spacial score (nSPS) is 12.0. The van der Waals surface area contributed by atoms with Gasteiger partial charge in [0.25, 0.3) is 0 Å². The van der Waals surface area contributed by atoms with E-state index in [1.54, 1.807) is 19.1 Å². The molecule has 1 aromatic heterocycles. The van der Waals surface area contributed by atoms with Crippen LogP contribution in [-0.4, -0.2) is 9.97 Å². The van der Waals surface area contributed by atoms with E-state index >= 15 is 0 Å². The third kappa shape index (κ3) is 3.38. The maximum atomic E-state index is 13.2. The van der Waals surface area contributed by atoms with Crippen LogP contribution in [-0.2, 0) is 0 Å². The van der Waals surface area contributed by atoms with Crippen molar-refractivity contribution in [2.45, 2.75) is 19.9 Å². The Kier molecular flexibility index (Phi) is 3.91. The summed E-state index contributed by atoms with van der Waals surface area (Å²) in [6.45, 7) is 3.71. The Bertz CT molecular complexity index is 573. The number of aryl methyl sites for hydroxylation is 1. The van der Waals surface area contributed by atoms with Gasteiger partial charge in [0, 0.05) is 6.07 Å². The van der Waals surface area contributed by atoms with Crippen molar-refractivity contribution in [1.82, 2.24) is 9.97 Å². The van der Waals surface area contributed by atoms with Gasteiger partial charge in [-0.2, -0.15) is 0 Å². The predicted octanol–water partition coefficient (Wildman–Crippen LogP) is 2.38. The van der Waals surface area contributed by atoms with Crippen LogP contribution in [0.15, 0.2) is 30.3 Å². The van der Waals surface area contributed by atoms with Gasteiger partial charge >= 0.3 is 0 Å². The number of anilines is 2. The first-order chi connectivity index (χ1) is 9.08. The number of rotatable bonds is 4. The summed E-state index contributed by atoms with van der Waals surface area (Å²) >= 11 is 0. The largest absolute Gasteiger partial charge is 0.363 e. The third-order valence-electron chi connectivity index (χ3n) is 2.70. The topological polar surface area (TPSA) is 75.9 Å². The predicted molar refractivity (Wildman–Crippen MR) is 73.0 cm³/mol. The number of benzene rings is 1. The number of halogens is 1. The lowest BCUT2D eigenvalue weighted by Gasteiger charge is -2.15. The van der Waals surface area contributed by atoms with E-state index in [1.807, 2.05) is 13.0 Å². The number of hydrazine groups is 1. The minimum absolute atomic E-state index is 0.0735. The van der Waals surface area contributed by atoms with Crippen molar-refractivity contribution >= 4 is 11.6 Å². The molecule has 0 saturated heterocycles. The SMILES string of the molecule is Cc1nc(NN)cc(NC(C)c2cccc(F)c2)n1. The molecule has 0 amide bonds. The molecule has 0 bridgehead atoms. The van der Waals surface area contributed by atoms with Crippen LogP contribution in [0.3, 0.4) is 0 Å². The van der Waals surface area contributed by atoms with Gasteiger partial charge in [0.15, 0.2) is 0 Å². The van der Waals surface area contributed by atoms with E-state index in [0.29, 0.717) is 17.5 Å². The summed E-state index contributed by atoms with van der Waals surface area (Å²) < 4.78 is 13.2. The second kappa shape index (κ2) is 5.62. The van der Waals surface area contributed by atoms with Gasteiger partial charge in [0.1, 0.15) is 23.3 Å². The lowest BCUT2D eigenvalue weighted by molar-refractivity contribution is 0.623. The van der Waals surface area contributed by atoms with Crippen molar-refractivity contribution < 1.29 is 4.39 Å². The van der Waals surface area contributed by atoms with Crippen LogP contribution in [0.4, 0.5) is 16.0 Å². The number of nitrogens with two attached hydrogens (primary N) is 1. The van der Waals surface area contributed by atoms with Gasteiger partial charge in [-0.25, -0.2) is 20.2 Å². The fourth-order valence-corrected chi connectivity index (χ4v) is 1.80. The molecule has 100 valence electrons. The standard InChI is InChI=1S/C13H16FN5/c1-8(10-4-3-5-11(14)6-10)16-12-7-13(19-15)18-9(2)17-12/h3-8H,15H2,1-2H3,(H2,16,17,18,19). The second-order valence-electron chi connectivity index (χ2n) is 4.25. The fraction of sp³-hybridized carbons (Fsp3) is 0.231. The minimum atomic E-state index is -0.255. The van der Waals surface area contributed by atoms with Crippen LogP contribution < -0.4 is 16.6 Å². The van der Waals surface area contributed by atoms with Crippen molar-refractivity contribution in [1.29, 1.82) is 0 Å². The Morgan fingerprint density at radius 1 is 1.21 bits per heavy atom. The van der Waals surface area contributed by atoms with Crippen LogP contribution in [0.5, 0.6) is 0 Å². The van der Waals surface area contributed by atoms with Crippen LogP contribution >= 0.6 is 0 Å². The molecule has 19 heavy (non-hydrogen) atoms. The molecule has 2 aromatic rings. The summed E-state index contributed by atoms with van der Waals surface area (Å²) in [5, 5.41) is 3.19. The Hall–Kier alpha value is -2.21. The van der Waals surface area contributed by atoms with Crippen LogP contribution in [0.2, 0.25) is 0 Å². The van der Waals surface area contributed by atoms with Crippen LogP contribution in [0.25, 0.3) is 0 Å². The Balaban J connectivity index is 2.18. The van der Waals surface area contributed by atoms with E-state index in [4.69, 9.17) is 5.84 Å². The summed E-state index contributed by atoms with van der Waals surface area (Å²) in [6.07, 6.45) is 0. The summed E-state index contributed by atoms with van der Waals surface area (Å²) in [5.74, 6) is 6.84. The highest BCUT2D eigenvalue weighted by molar-refractivity contribution is 5.48. The number of aromatic nitrogens is 2. The Labute approximate surface area is 111 Å². The molecule has 1 aromatic carbocycles. The zero-order chi connectivity index (χ0) is 13.8. The maximum absolute atomic E-state index is 13.2. The van der Waals surface area contributed by atoms with Gasteiger partial charge in [-0.15, -0.1) is 0 Å². The highest BCUT2D eigenvalue weighted by atomic mass is 19.1. The molecule has 0 radical (unpaired) electrons.